The first-order chi connectivity index (χ1) is 11.7. The van der Waals surface area contributed by atoms with Crippen molar-refractivity contribution in [3.05, 3.63) is 24.1 Å². The number of halogens is 3. The molecular weight excluding hydrogens is 341 g/mol. The summed E-state index contributed by atoms with van der Waals surface area (Å²) in [6.07, 6.45) is -3.29. The molecule has 0 saturated heterocycles. The van der Waals surface area contributed by atoms with Gasteiger partial charge >= 0.3 is 6.18 Å². The second-order valence-electron chi connectivity index (χ2n) is 5.67. The summed E-state index contributed by atoms with van der Waals surface area (Å²) < 4.78 is 48.7. The Labute approximate surface area is 140 Å². The molecule has 0 aliphatic rings. The van der Waals surface area contributed by atoms with Crippen molar-refractivity contribution < 1.29 is 22.1 Å². The lowest BCUT2D eigenvalue weighted by Gasteiger charge is -2.05. The van der Waals surface area contributed by atoms with Gasteiger partial charge in [-0.1, -0.05) is 5.16 Å². The Bertz CT molecular complexity index is 864. The minimum atomic E-state index is -4.41. The standard InChI is InChI=1S/C14H15F3N6O2/c1-22(2)5-8-3-4-10(24-8)13-19-12(21-25-13)9-6-23(20-11(9)18)7-14(15,16)17/h3-4,6H,5,7H2,1-2H3,(H2,18,20). The zero-order valence-electron chi connectivity index (χ0n) is 13.4. The molecule has 0 bridgehead atoms. The molecule has 0 aromatic carbocycles. The van der Waals surface area contributed by atoms with E-state index in [4.69, 9.17) is 14.7 Å². The van der Waals surface area contributed by atoms with E-state index in [9.17, 15) is 13.2 Å². The van der Waals surface area contributed by atoms with Gasteiger partial charge in [-0.05, 0) is 26.2 Å². The number of aromatic nitrogens is 4. The first kappa shape index (κ1) is 17.0. The van der Waals surface area contributed by atoms with Crippen LogP contribution in [0.25, 0.3) is 23.0 Å². The summed E-state index contributed by atoms with van der Waals surface area (Å²) in [6.45, 7) is -0.661. The number of nitrogen functional groups attached to an aromatic ring is 1. The largest absolute Gasteiger partial charge is 0.455 e. The Hall–Kier alpha value is -2.82. The zero-order valence-corrected chi connectivity index (χ0v) is 13.4. The van der Waals surface area contributed by atoms with Crippen molar-refractivity contribution in [3.8, 4) is 23.0 Å². The minimum Gasteiger partial charge on any atom is -0.455 e. The van der Waals surface area contributed by atoms with Crippen LogP contribution in [0.3, 0.4) is 0 Å². The van der Waals surface area contributed by atoms with Crippen LogP contribution < -0.4 is 5.73 Å². The summed E-state index contributed by atoms with van der Waals surface area (Å²) in [5.74, 6) is 1.08. The molecule has 3 heterocycles. The molecule has 11 heteroatoms. The molecule has 25 heavy (non-hydrogen) atoms. The van der Waals surface area contributed by atoms with Crippen LogP contribution in [0, 0.1) is 0 Å². The topological polar surface area (TPSA) is 99.1 Å². The van der Waals surface area contributed by atoms with Crippen molar-refractivity contribution in [2.45, 2.75) is 19.3 Å². The fraction of sp³-hybridized carbons (Fsp3) is 0.357. The second-order valence-corrected chi connectivity index (χ2v) is 5.67. The van der Waals surface area contributed by atoms with Crippen LogP contribution in [-0.2, 0) is 13.1 Å². The van der Waals surface area contributed by atoms with Gasteiger partial charge in [-0.3, -0.25) is 4.68 Å². The zero-order chi connectivity index (χ0) is 18.2. The maximum Gasteiger partial charge on any atom is 0.408 e. The number of hydrogen-bond donors (Lipinski definition) is 1. The SMILES string of the molecule is CN(C)Cc1ccc(-c2nc(-c3cn(CC(F)(F)F)nc3N)no2)o1. The van der Waals surface area contributed by atoms with E-state index in [1.54, 1.807) is 12.1 Å². The van der Waals surface area contributed by atoms with E-state index >= 15 is 0 Å². The number of alkyl halides is 3. The Morgan fingerprint density at radius 3 is 2.72 bits per heavy atom. The van der Waals surface area contributed by atoms with Gasteiger partial charge < -0.3 is 19.6 Å². The number of furan rings is 1. The number of anilines is 1. The summed E-state index contributed by atoms with van der Waals surface area (Å²) in [6, 6.07) is 3.45. The molecule has 8 nitrogen and oxygen atoms in total. The lowest BCUT2D eigenvalue weighted by Crippen LogP contribution is -2.18. The fourth-order valence-electron chi connectivity index (χ4n) is 2.20. The molecule has 0 radical (unpaired) electrons. The highest BCUT2D eigenvalue weighted by molar-refractivity contribution is 5.68. The van der Waals surface area contributed by atoms with Crippen LogP contribution in [0.2, 0.25) is 0 Å². The first-order valence-corrected chi connectivity index (χ1v) is 7.19. The maximum absolute atomic E-state index is 12.4. The summed E-state index contributed by atoms with van der Waals surface area (Å²) in [5, 5.41) is 7.35. The van der Waals surface area contributed by atoms with Crippen molar-refractivity contribution in [2.24, 2.45) is 0 Å². The molecule has 0 fully saturated rings. The molecule has 0 spiro atoms. The molecule has 3 aromatic rings. The van der Waals surface area contributed by atoms with Gasteiger partial charge in [0.25, 0.3) is 5.89 Å². The van der Waals surface area contributed by atoms with E-state index in [-0.39, 0.29) is 23.1 Å². The molecule has 3 aromatic heterocycles. The van der Waals surface area contributed by atoms with Gasteiger partial charge in [0.05, 0.1) is 12.1 Å². The summed E-state index contributed by atoms with van der Waals surface area (Å²) in [4.78, 5) is 6.04. The van der Waals surface area contributed by atoms with Crippen LogP contribution in [0.5, 0.6) is 0 Å². The van der Waals surface area contributed by atoms with Crippen molar-refractivity contribution in [1.82, 2.24) is 24.8 Å². The van der Waals surface area contributed by atoms with Gasteiger partial charge in [0.1, 0.15) is 12.3 Å². The molecule has 0 amide bonds. The average Bonchev–Trinajstić information content (AvgIpc) is 3.15. The van der Waals surface area contributed by atoms with E-state index in [0.717, 1.165) is 6.20 Å². The summed E-state index contributed by atoms with van der Waals surface area (Å²) >= 11 is 0. The monoisotopic (exact) mass is 356 g/mol. The highest BCUT2D eigenvalue weighted by Crippen LogP contribution is 2.28. The molecule has 3 rings (SSSR count). The van der Waals surface area contributed by atoms with Crippen LogP contribution in [0.1, 0.15) is 5.76 Å². The van der Waals surface area contributed by atoms with Gasteiger partial charge in [-0.15, -0.1) is 0 Å². The van der Waals surface area contributed by atoms with Gasteiger partial charge in [-0.2, -0.15) is 23.3 Å². The molecule has 0 atom stereocenters. The van der Waals surface area contributed by atoms with Crippen LogP contribution in [0.15, 0.2) is 27.3 Å². The van der Waals surface area contributed by atoms with Crippen molar-refractivity contribution >= 4 is 5.82 Å². The van der Waals surface area contributed by atoms with E-state index < -0.39 is 12.7 Å². The molecular formula is C14H15F3N6O2. The number of hydrogen-bond acceptors (Lipinski definition) is 7. The van der Waals surface area contributed by atoms with Crippen LogP contribution in [0.4, 0.5) is 19.0 Å². The van der Waals surface area contributed by atoms with Gasteiger partial charge in [0.15, 0.2) is 11.6 Å². The number of nitrogens with two attached hydrogens (primary N) is 1. The van der Waals surface area contributed by atoms with Gasteiger partial charge in [0.2, 0.25) is 5.82 Å². The second kappa shape index (κ2) is 6.24. The Morgan fingerprint density at radius 1 is 1.28 bits per heavy atom. The highest BCUT2D eigenvalue weighted by Gasteiger charge is 2.29. The van der Waals surface area contributed by atoms with Crippen molar-refractivity contribution in [2.75, 3.05) is 19.8 Å². The number of nitrogens with zero attached hydrogens (tertiary/aromatic N) is 5. The summed E-state index contributed by atoms with van der Waals surface area (Å²) in [5.41, 5.74) is 5.80. The van der Waals surface area contributed by atoms with Crippen LogP contribution >= 0.6 is 0 Å². The molecule has 0 unspecified atom stereocenters. The third-order valence-electron chi connectivity index (χ3n) is 3.14. The third-order valence-corrected chi connectivity index (χ3v) is 3.14. The molecule has 0 saturated carbocycles. The molecule has 0 aliphatic heterocycles. The predicted octanol–water partition coefficient (Wildman–Crippen LogP) is 2.40. The van der Waals surface area contributed by atoms with Gasteiger partial charge in [-0.25, -0.2) is 0 Å². The van der Waals surface area contributed by atoms with Crippen LogP contribution in [-0.4, -0.2) is 45.1 Å². The lowest BCUT2D eigenvalue weighted by molar-refractivity contribution is -0.142. The van der Waals surface area contributed by atoms with Crippen molar-refractivity contribution in [1.29, 1.82) is 0 Å². The van der Waals surface area contributed by atoms with Crippen molar-refractivity contribution in [3.63, 3.8) is 0 Å². The quantitative estimate of drug-likeness (QED) is 0.749. The van der Waals surface area contributed by atoms with E-state index in [1.165, 1.54) is 0 Å². The molecule has 2 N–H and O–H groups in total. The van der Waals surface area contributed by atoms with E-state index in [1.807, 2.05) is 19.0 Å². The molecule has 134 valence electrons. The Morgan fingerprint density at radius 2 is 2.04 bits per heavy atom. The molecule has 0 aliphatic carbocycles. The summed E-state index contributed by atoms with van der Waals surface area (Å²) in [7, 11) is 3.79. The lowest BCUT2D eigenvalue weighted by atomic mass is 10.3. The normalized spacial score (nSPS) is 12.2. The van der Waals surface area contributed by atoms with E-state index in [0.29, 0.717) is 22.7 Å². The number of rotatable bonds is 5. The minimum absolute atomic E-state index is 0.0338. The highest BCUT2D eigenvalue weighted by atomic mass is 19.4. The maximum atomic E-state index is 12.4. The first-order valence-electron chi connectivity index (χ1n) is 7.19. The Balaban J connectivity index is 1.83. The smallest absolute Gasteiger partial charge is 0.408 e. The van der Waals surface area contributed by atoms with Gasteiger partial charge in [0, 0.05) is 6.20 Å². The fourth-order valence-corrected chi connectivity index (χ4v) is 2.20. The predicted molar refractivity (Wildman–Crippen MR) is 81.1 cm³/mol. The van der Waals surface area contributed by atoms with E-state index in [2.05, 4.69) is 15.2 Å². The third kappa shape index (κ3) is 3.99. The Kier molecular flexibility index (Phi) is 4.25. The average molecular weight is 356 g/mol.